The molecule has 0 aliphatic carbocycles. The molecule has 0 unspecified atom stereocenters. The monoisotopic (exact) mass is 294 g/mol. The fraction of sp³-hybridized carbons (Fsp3) is 0.125. The largest absolute Gasteiger partial charge is 0.480 e. The number of benzene rings is 1. The number of nitro benzene ring substituents is 1. The van der Waals surface area contributed by atoms with E-state index in [1.54, 1.807) is 4.72 Å². The molecule has 2 N–H and O–H groups in total. The standard InChI is InChI=1S/C8H7ClN2O6S/c9-5-1-2-7(11(14)15)6(3-5)10-18(16,17)4-8(12)13/h1-3,10H,4H2,(H,12,13). The van der Waals surface area contributed by atoms with Crippen molar-refractivity contribution in [2.75, 3.05) is 10.5 Å². The highest BCUT2D eigenvalue weighted by Crippen LogP contribution is 2.28. The van der Waals surface area contributed by atoms with Crippen LogP contribution in [0.25, 0.3) is 0 Å². The third-order valence-corrected chi connectivity index (χ3v) is 3.13. The van der Waals surface area contributed by atoms with Crippen LogP contribution < -0.4 is 4.72 Å². The van der Waals surface area contributed by atoms with Gasteiger partial charge in [-0.15, -0.1) is 0 Å². The van der Waals surface area contributed by atoms with Crippen LogP contribution in [0.15, 0.2) is 18.2 Å². The molecule has 8 nitrogen and oxygen atoms in total. The highest BCUT2D eigenvalue weighted by atomic mass is 35.5. The SMILES string of the molecule is O=C(O)CS(=O)(=O)Nc1cc(Cl)ccc1[N+](=O)[O-]. The van der Waals surface area contributed by atoms with Crippen molar-refractivity contribution < 1.29 is 23.2 Å². The first-order chi connectivity index (χ1) is 8.21. The quantitative estimate of drug-likeness (QED) is 0.618. The molecule has 0 spiro atoms. The summed E-state index contributed by atoms with van der Waals surface area (Å²) in [5.41, 5.74) is -0.901. The number of hydrogen-bond donors (Lipinski definition) is 2. The minimum absolute atomic E-state index is 0.0774. The van der Waals surface area contributed by atoms with E-state index < -0.39 is 32.4 Å². The number of nitro groups is 1. The molecular weight excluding hydrogens is 288 g/mol. The Bertz CT molecular complexity index is 600. The van der Waals surface area contributed by atoms with Crippen LogP contribution in [0.4, 0.5) is 11.4 Å². The Balaban J connectivity index is 3.14. The highest BCUT2D eigenvalue weighted by molar-refractivity contribution is 7.93. The Morgan fingerprint density at radius 2 is 2.11 bits per heavy atom. The number of carboxylic acid groups (broad SMARTS) is 1. The summed E-state index contributed by atoms with van der Waals surface area (Å²) >= 11 is 5.58. The third kappa shape index (κ3) is 3.86. The van der Waals surface area contributed by atoms with Gasteiger partial charge in [-0.2, -0.15) is 0 Å². The maximum atomic E-state index is 11.3. The van der Waals surface area contributed by atoms with Gasteiger partial charge in [0.1, 0.15) is 5.69 Å². The van der Waals surface area contributed by atoms with Crippen molar-refractivity contribution in [1.29, 1.82) is 0 Å². The lowest BCUT2D eigenvalue weighted by molar-refractivity contribution is -0.383. The maximum Gasteiger partial charge on any atom is 0.320 e. The van der Waals surface area contributed by atoms with Crippen LogP contribution in [-0.2, 0) is 14.8 Å². The number of nitrogens with one attached hydrogen (secondary N) is 1. The molecule has 10 heteroatoms. The van der Waals surface area contributed by atoms with Gasteiger partial charge in [-0.3, -0.25) is 19.6 Å². The molecule has 0 atom stereocenters. The van der Waals surface area contributed by atoms with Crippen molar-refractivity contribution in [2.45, 2.75) is 0 Å². The normalized spacial score (nSPS) is 10.9. The predicted molar refractivity (Wildman–Crippen MR) is 63.2 cm³/mol. The molecule has 1 aromatic rings. The molecular formula is C8H7ClN2O6S. The molecule has 0 saturated carbocycles. The van der Waals surface area contributed by atoms with Gasteiger partial charge >= 0.3 is 5.97 Å². The predicted octanol–water partition coefficient (Wildman–Crippen LogP) is 1.07. The Hall–Kier alpha value is -1.87. The first-order valence-corrected chi connectivity index (χ1v) is 6.40. The van der Waals surface area contributed by atoms with E-state index in [1.807, 2.05) is 0 Å². The Labute approximate surface area is 106 Å². The highest BCUT2D eigenvalue weighted by Gasteiger charge is 2.21. The van der Waals surface area contributed by atoms with E-state index in [0.717, 1.165) is 12.1 Å². The molecule has 0 radical (unpaired) electrons. The molecule has 1 rings (SSSR count). The van der Waals surface area contributed by atoms with Crippen LogP contribution in [0.5, 0.6) is 0 Å². The number of rotatable bonds is 5. The topological polar surface area (TPSA) is 127 Å². The average molecular weight is 295 g/mol. The second-order valence-corrected chi connectivity index (χ2v) is 5.33. The molecule has 0 saturated heterocycles. The van der Waals surface area contributed by atoms with Gasteiger partial charge in [0.05, 0.1) is 4.92 Å². The van der Waals surface area contributed by atoms with Crippen LogP contribution in [0, 0.1) is 10.1 Å². The zero-order valence-corrected chi connectivity index (χ0v) is 10.2. The van der Waals surface area contributed by atoms with Crippen LogP contribution >= 0.6 is 11.6 Å². The number of nitrogens with zero attached hydrogens (tertiary/aromatic N) is 1. The Kier molecular flexibility index (Phi) is 4.09. The summed E-state index contributed by atoms with van der Waals surface area (Å²) in [5, 5.41) is 19.1. The summed E-state index contributed by atoms with van der Waals surface area (Å²) in [6, 6.07) is 3.26. The first-order valence-electron chi connectivity index (χ1n) is 4.37. The molecule has 0 aromatic heterocycles. The molecule has 0 bridgehead atoms. The van der Waals surface area contributed by atoms with Crippen LogP contribution in [0.3, 0.4) is 0 Å². The molecule has 1 aromatic carbocycles. The number of carbonyl (C=O) groups is 1. The zero-order valence-electron chi connectivity index (χ0n) is 8.66. The summed E-state index contributed by atoms with van der Waals surface area (Å²) in [6.07, 6.45) is 0. The van der Waals surface area contributed by atoms with Crippen molar-refractivity contribution >= 4 is 39.0 Å². The lowest BCUT2D eigenvalue weighted by Crippen LogP contribution is -2.22. The van der Waals surface area contributed by atoms with Gasteiger partial charge in [-0.05, 0) is 12.1 Å². The maximum absolute atomic E-state index is 11.3. The fourth-order valence-electron chi connectivity index (χ4n) is 1.12. The van der Waals surface area contributed by atoms with Gasteiger partial charge in [-0.25, -0.2) is 8.42 Å². The van der Waals surface area contributed by atoms with Gasteiger partial charge in [0.15, 0.2) is 5.75 Å². The number of halogens is 1. The second-order valence-electron chi connectivity index (χ2n) is 3.17. The van der Waals surface area contributed by atoms with E-state index in [9.17, 15) is 23.3 Å². The van der Waals surface area contributed by atoms with Crippen molar-refractivity contribution in [3.8, 4) is 0 Å². The van der Waals surface area contributed by atoms with E-state index in [1.165, 1.54) is 6.07 Å². The smallest absolute Gasteiger partial charge is 0.320 e. The van der Waals surface area contributed by atoms with Gasteiger partial charge in [0.2, 0.25) is 10.0 Å². The fourth-order valence-corrected chi connectivity index (χ4v) is 2.18. The Morgan fingerprint density at radius 3 is 2.61 bits per heavy atom. The summed E-state index contributed by atoms with van der Waals surface area (Å²) in [6.45, 7) is 0. The third-order valence-electron chi connectivity index (χ3n) is 1.73. The lowest BCUT2D eigenvalue weighted by Gasteiger charge is -2.06. The Morgan fingerprint density at radius 1 is 1.50 bits per heavy atom. The van der Waals surface area contributed by atoms with Crippen molar-refractivity contribution in [3.63, 3.8) is 0 Å². The van der Waals surface area contributed by atoms with Crippen molar-refractivity contribution in [1.82, 2.24) is 0 Å². The summed E-state index contributed by atoms with van der Waals surface area (Å²) in [4.78, 5) is 20.2. The van der Waals surface area contributed by atoms with E-state index in [0.29, 0.717) is 0 Å². The molecule has 98 valence electrons. The summed E-state index contributed by atoms with van der Waals surface area (Å²) < 4.78 is 24.5. The van der Waals surface area contributed by atoms with Gasteiger partial charge < -0.3 is 5.11 Å². The summed E-state index contributed by atoms with van der Waals surface area (Å²) in [7, 11) is -4.22. The number of aliphatic carboxylic acids is 1. The molecule has 0 fully saturated rings. The molecule has 0 heterocycles. The van der Waals surface area contributed by atoms with E-state index in [4.69, 9.17) is 16.7 Å². The number of anilines is 1. The van der Waals surface area contributed by atoms with Gasteiger partial charge in [0, 0.05) is 11.1 Å². The molecule has 0 amide bonds. The molecule has 0 aliphatic heterocycles. The number of carboxylic acids is 1. The minimum Gasteiger partial charge on any atom is -0.480 e. The molecule has 18 heavy (non-hydrogen) atoms. The average Bonchev–Trinajstić information content (AvgIpc) is 2.13. The van der Waals surface area contributed by atoms with E-state index in [-0.39, 0.29) is 10.7 Å². The van der Waals surface area contributed by atoms with E-state index >= 15 is 0 Å². The first kappa shape index (κ1) is 14.2. The number of hydrogen-bond acceptors (Lipinski definition) is 5. The lowest BCUT2D eigenvalue weighted by atomic mass is 10.3. The van der Waals surface area contributed by atoms with Crippen molar-refractivity contribution in [3.05, 3.63) is 33.3 Å². The van der Waals surface area contributed by atoms with Crippen molar-refractivity contribution in [2.24, 2.45) is 0 Å². The van der Waals surface area contributed by atoms with Crippen LogP contribution in [-0.4, -0.2) is 30.2 Å². The zero-order chi connectivity index (χ0) is 13.9. The second kappa shape index (κ2) is 5.19. The molecule has 0 aliphatic rings. The van der Waals surface area contributed by atoms with Crippen LogP contribution in [0.2, 0.25) is 5.02 Å². The number of sulfonamides is 1. The van der Waals surface area contributed by atoms with Gasteiger partial charge in [-0.1, -0.05) is 11.6 Å². The van der Waals surface area contributed by atoms with Gasteiger partial charge in [0.25, 0.3) is 5.69 Å². The minimum atomic E-state index is -4.22. The van der Waals surface area contributed by atoms with E-state index in [2.05, 4.69) is 0 Å². The summed E-state index contributed by atoms with van der Waals surface area (Å²) in [5.74, 6) is -2.77. The van der Waals surface area contributed by atoms with Crippen LogP contribution in [0.1, 0.15) is 0 Å².